The molecule has 0 aromatic heterocycles. The van der Waals surface area contributed by atoms with Crippen molar-refractivity contribution >= 4 is 5.91 Å². The zero-order valence-corrected chi connectivity index (χ0v) is 11.9. The summed E-state index contributed by atoms with van der Waals surface area (Å²) < 4.78 is 0. The van der Waals surface area contributed by atoms with Crippen molar-refractivity contribution in [1.82, 2.24) is 10.2 Å². The van der Waals surface area contributed by atoms with E-state index in [-0.39, 0.29) is 12.0 Å². The van der Waals surface area contributed by atoms with Gasteiger partial charge in [0.2, 0.25) is 5.91 Å². The normalized spacial score (nSPS) is 26.9. The van der Waals surface area contributed by atoms with Crippen molar-refractivity contribution in [3.63, 3.8) is 0 Å². The maximum absolute atomic E-state index is 11.9. The molecule has 1 amide bonds. The smallest absolute Gasteiger partial charge is 0.234 e. The van der Waals surface area contributed by atoms with Crippen molar-refractivity contribution in [3.8, 4) is 0 Å². The Labute approximate surface area is 116 Å². The Morgan fingerprint density at radius 2 is 1.84 bits per heavy atom. The van der Waals surface area contributed by atoms with Crippen LogP contribution in [0.4, 0.5) is 0 Å². The Hall–Kier alpha value is -0.610. The summed E-state index contributed by atoms with van der Waals surface area (Å²) in [6.45, 7) is 3.14. The molecule has 0 radical (unpaired) electrons. The first-order valence-corrected chi connectivity index (χ1v) is 7.91. The lowest BCUT2D eigenvalue weighted by atomic mass is 9.89. The second kappa shape index (κ2) is 7.85. The van der Waals surface area contributed by atoms with Crippen LogP contribution in [0.3, 0.4) is 0 Å². The van der Waals surface area contributed by atoms with Crippen molar-refractivity contribution in [1.29, 1.82) is 0 Å². The van der Waals surface area contributed by atoms with E-state index in [1.165, 1.54) is 32.1 Å². The van der Waals surface area contributed by atoms with Gasteiger partial charge in [0.1, 0.15) is 0 Å². The molecule has 0 aromatic carbocycles. The molecular formula is C15H28N2O2. The number of aliphatic hydroxyl groups is 1. The molecule has 0 bridgehead atoms. The molecule has 2 fully saturated rings. The summed E-state index contributed by atoms with van der Waals surface area (Å²) in [7, 11) is 0. The summed E-state index contributed by atoms with van der Waals surface area (Å²) in [6.07, 6.45) is 9.06. The predicted molar refractivity (Wildman–Crippen MR) is 75.9 cm³/mol. The third kappa shape index (κ3) is 5.49. The van der Waals surface area contributed by atoms with Gasteiger partial charge in [-0.25, -0.2) is 0 Å². The Morgan fingerprint density at radius 1 is 1.05 bits per heavy atom. The van der Waals surface area contributed by atoms with Crippen LogP contribution in [0.1, 0.15) is 51.4 Å². The van der Waals surface area contributed by atoms with Gasteiger partial charge in [0.15, 0.2) is 0 Å². The molecule has 4 nitrogen and oxygen atoms in total. The lowest BCUT2D eigenvalue weighted by molar-refractivity contribution is -0.122. The van der Waals surface area contributed by atoms with E-state index in [2.05, 4.69) is 10.2 Å². The highest BCUT2D eigenvalue weighted by molar-refractivity contribution is 5.78. The first-order valence-electron chi connectivity index (χ1n) is 7.91. The Bertz CT molecular complexity index is 277. The third-order valence-electron chi connectivity index (χ3n) is 4.47. The zero-order chi connectivity index (χ0) is 13.5. The van der Waals surface area contributed by atoms with Gasteiger partial charge in [-0.1, -0.05) is 19.3 Å². The summed E-state index contributed by atoms with van der Waals surface area (Å²) >= 11 is 0. The first kappa shape index (κ1) is 14.8. The minimum atomic E-state index is -0.171. The summed E-state index contributed by atoms with van der Waals surface area (Å²) in [5.41, 5.74) is 0. The van der Waals surface area contributed by atoms with E-state index in [4.69, 9.17) is 0 Å². The molecule has 4 heteroatoms. The van der Waals surface area contributed by atoms with Crippen molar-refractivity contribution in [2.24, 2.45) is 5.92 Å². The third-order valence-corrected chi connectivity index (χ3v) is 4.47. The molecular weight excluding hydrogens is 240 g/mol. The van der Waals surface area contributed by atoms with Crippen LogP contribution in [0, 0.1) is 5.92 Å². The quantitative estimate of drug-likeness (QED) is 0.813. The van der Waals surface area contributed by atoms with Crippen LogP contribution in [0.5, 0.6) is 0 Å². The lowest BCUT2D eigenvalue weighted by Gasteiger charge is -2.23. The Kier molecular flexibility index (Phi) is 6.11. The number of aliphatic hydroxyl groups excluding tert-OH is 1. The average molecular weight is 268 g/mol. The van der Waals surface area contributed by atoms with Crippen LogP contribution in [-0.2, 0) is 4.79 Å². The highest BCUT2D eigenvalue weighted by atomic mass is 16.3. The molecule has 1 aliphatic carbocycles. The van der Waals surface area contributed by atoms with E-state index in [9.17, 15) is 9.90 Å². The molecule has 19 heavy (non-hydrogen) atoms. The van der Waals surface area contributed by atoms with Gasteiger partial charge in [0, 0.05) is 13.1 Å². The zero-order valence-electron chi connectivity index (χ0n) is 11.9. The van der Waals surface area contributed by atoms with Crippen LogP contribution in [0.2, 0.25) is 0 Å². The highest BCUT2D eigenvalue weighted by Crippen LogP contribution is 2.22. The number of likely N-dealkylation sites (tertiary alicyclic amines) is 1. The molecule has 0 aromatic rings. The fourth-order valence-electron chi connectivity index (χ4n) is 3.20. The molecule has 1 saturated carbocycles. The number of carbonyl (C=O) groups is 1. The Balaban J connectivity index is 1.63. The fourth-order valence-corrected chi connectivity index (χ4v) is 3.20. The number of nitrogens with one attached hydrogen (secondary N) is 1. The number of nitrogens with zero attached hydrogens (tertiary/aromatic N) is 1. The molecule has 0 spiro atoms. The SMILES string of the molecule is O=C(CN1CCCC(O)CC1)NCC1CCCCC1. The number of hydrogen-bond donors (Lipinski definition) is 2. The van der Waals surface area contributed by atoms with E-state index in [1.54, 1.807) is 0 Å². The Morgan fingerprint density at radius 3 is 2.63 bits per heavy atom. The molecule has 1 heterocycles. The molecule has 2 N–H and O–H groups in total. The summed E-state index contributed by atoms with van der Waals surface area (Å²) in [5.74, 6) is 0.852. The molecule has 1 atom stereocenters. The topological polar surface area (TPSA) is 52.6 Å². The van der Waals surface area contributed by atoms with Crippen molar-refractivity contribution in [2.45, 2.75) is 57.5 Å². The van der Waals surface area contributed by atoms with Gasteiger partial charge in [0.05, 0.1) is 12.6 Å². The van der Waals surface area contributed by atoms with E-state index < -0.39 is 0 Å². The maximum atomic E-state index is 11.9. The summed E-state index contributed by atoms with van der Waals surface area (Å²) in [5, 5.41) is 12.7. The number of amides is 1. The highest BCUT2D eigenvalue weighted by Gasteiger charge is 2.18. The van der Waals surface area contributed by atoms with Crippen LogP contribution in [0.25, 0.3) is 0 Å². The van der Waals surface area contributed by atoms with Gasteiger partial charge in [-0.05, 0) is 44.6 Å². The van der Waals surface area contributed by atoms with Crippen molar-refractivity contribution in [3.05, 3.63) is 0 Å². The lowest BCUT2D eigenvalue weighted by Crippen LogP contribution is -2.39. The van der Waals surface area contributed by atoms with Crippen LogP contribution in [0.15, 0.2) is 0 Å². The van der Waals surface area contributed by atoms with E-state index in [0.29, 0.717) is 12.5 Å². The van der Waals surface area contributed by atoms with Gasteiger partial charge in [-0.2, -0.15) is 0 Å². The molecule has 2 rings (SSSR count). The van der Waals surface area contributed by atoms with Crippen LogP contribution >= 0.6 is 0 Å². The second-order valence-corrected chi connectivity index (χ2v) is 6.17. The molecule has 2 aliphatic rings. The van der Waals surface area contributed by atoms with E-state index >= 15 is 0 Å². The van der Waals surface area contributed by atoms with Gasteiger partial charge in [-0.3, -0.25) is 9.69 Å². The van der Waals surface area contributed by atoms with Crippen molar-refractivity contribution < 1.29 is 9.90 Å². The van der Waals surface area contributed by atoms with Crippen molar-refractivity contribution in [2.75, 3.05) is 26.2 Å². The maximum Gasteiger partial charge on any atom is 0.234 e. The summed E-state index contributed by atoms with van der Waals surface area (Å²) in [4.78, 5) is 14.1. The minimum Gasteiger partial charge on any atom is -0.393 e. The van der Waals surface area contributed by atoms with E-state index in [1.807, 2.05) is 0 Å². The average Bonchev–Trinajstić information content (AvgIpc) is 2.63. The van der Waals surface area contributed by atoms with Gasteiger partial charge in [0.25, 0.3) is 0 Å². The second-order valence-electron chi connectivity index (χ2n) is 6.17. The van der Waals surface area contributed by atoms with Gasteiger partial charge >= 0.3 is 0 Å². The van der Waals surface area contributed by atoms with E-state index in [0.717, 1.165) is 38.9 Å². The number of hydrogen-bond acceptors (Lipinski definition) is 3. The summed E-state index contributed by atoms with van der Waals surface area (Å²) in [6, 6.07) is 0. The molecule has 1 unspecified atom stereocenters. The predicted octanol–water partition coefficient (Wildman–Crippen LogP) is 1.53. The van der Waals surface area contributed by atoms with Crippen LogP contribution < -0.4 is 5.32 Å². The standard InChI is InChI=1S/C15H28N2O2/c18-14-7-4-9-17(10-8-14)12-15(19)16-11-13-5-2-1-3-6-13/h13-14,18H,1-12H2,(H,16,19). The number of carbonyl (C=O) groups excluding carboxylic acids is 1. The molecule has 110 valence electrons. The number of rotatable bonds is 4. The van der Waals surface area contributed by atoms with Gasteiger partial charge < -0.3 is 10.4 Å². The van der Waals surface area contributed by atoms with Gasteiger partial charge in [-0.15, -0.1) is 0 Å². The molecule has 1 saturated heterocycles. The first-order chi connectivity index (χ1) is 9.24. The minimum absolute atomic E-state index is 0.155. The fraction of sp³-hybridized carbons (Fsp3) is 0.933. The molecule has 1 aliphatic heterocycles. The largest absolute Gasteiger partial charge is 0.393 e. The monoisotopic (exact) mass is 268 g/mol. The van der Waals surface area contributed by atoms with Crippen LogP contribution in [-0.4, -0.2) is 48.2 Å².